The molecule has 1 fully saturated rings. The van der Waals surface area contributed by atoms with Gasteiger partial charge in [0.1, 0.15) is 5.75 Å². The predicted octanol–water partition coefficient (Wildman–Crippen LogP) is 2.95. The highest BCUT2D eigenvalue weighted by Gasteiger charge is 2.20. The second-order valence-electron chi connectivity index (χ2n) is 7.46. The van der Waals surface area contributed by atoms with Crippen LogP contribution in [0.15, 0.2) is 54.6 Å². The molecule has 1 amide bonds. The molecule has 1 atom stereocenters. The van der Waals surface area contributed by atoms with Crippen LogP contribution in [0, 0.1) is 0 Å². The molecule has 1 N–H and O–H groups in total. The van der Waals surface area contributed by atoms with Crippen molar-refractivity contribution in [1.82, 2.24) is 10.2 Å². The van der Waals surface area contributed by atoms with Crippen molar-refractivity contribution in [3.8, 4) is 5.75 Å². The summed E-state index contributed by atoms with van der Waals surface area (Å²) in [5.41, 5.74) is 2.50. The van der Waals surface area contributed by atoms with E-state index in [4.69, 9.17) is 4.74 Å². The van der Waals surface area contributed by atoms with Crippen LogP contribution in [0.4, 0.5) is 5.69 Å². The zero-order valence-electron chi connectivity index (χ0n) is 16.9. The van der Waals surface area contributed by atoms with Crippen molar-refractivity contribution < 1.29 is 9.53 Å². The largest absolute Gasteiger partial charge is 0.497 e. The Morgan fingerprint density at radius 1 is 1.07 bits per heavy atom. The van der Waals surface area contributed by atoms with Gasteiger partial charge in [-0.1, -0.05) is 36.4 Å². The number of hydrogen-bond acceptors (Lipinski definition) is 4. The predicted molar refractivity (Wildman–Crippen MR) is 114 cm³/mol. The molecule has 0 saturated carbocycles. The van der Waals surface area contributed by atoms with Crippen LogP contribution in [-0.2, 0) is 11.2 Å². The van der Waals surface area contributed by atoms with Crippen LogP contribution >= 0.6 is 0 Å². The number of nitrogens with one attached hydrogen (secondary N) is 1. The van der Waals surface area contributed by atoms with E-state index in [2.05, 4.69) is 58.4 Å². The van der Waals surface area contributed by atoms with Gasteiger partial charge in [0.05, 0.1) is 13.7 Å². The van der Waals surface area contributed by atoms with E-state index >= 15 is 0 Å². The molecule has 5 heteroatoms. The van der Waals surface area contributed by atoms with E-state index < -0.39 is 0 Å². The number of benzene rings is 2. The normalized spacial score (nSPS) is 15.9. The van der Waals surface area contributed by atoms with Gasteiger partial charge < -0.3 is 15.0 Å². The number of ether oxygens (including phenoxy) is 1. The first-order valence-electron chi connectivity index (χ1n) is 10.1. The topological polar surface area (TPSA) is 44.8 Å². The maximum Gasteiger partial charge on any atom is 0.234 e. The molecule has 0 radical (unpaired) electrons. The van der Waals surface area contributed by atoms with Crippen molar-refractivity contribution in [3.63, 3.8) is 0 Å². The molecule has 1 aliphatic rings. The molecule has 2 aromatic carbocycles. The highest BCUT2D eigenvalue weighted by Crippen LogP contribution is 2.22. The zero-order chi connectivity index (χ0) is 19.8. The van der Waals surface area contributed by atoms with E-state index in [0.717, 1.165) is 44.8 Å². The highest BCUT2D eigenvalue weighted by atomic mass is 16.5. The molecular weight excluding hydrogens is 350 g/mol. The van der Waals surface area contributed by atoms with Gasteiger partial charge >= 0.3 is 0 Å². The molecule has 1 heterocycles. The third-order valence-electron chi connectivity index (χ3n) is 5.27. The molecule has 150 valence electrons. The monoisotopic (exact) mass is 381 g/mol. The van der Waals surface area contributed by atoms with E-state index in [9.17, 15) is 4.79 Å². The molecule has 0 aromatic heterocycles. The average molecular weight is 382 g/mol. The van der Waals surface area contributed by atoms with Crippen molar-refractivity contribution in [2.45, 2.75) is 25.8 Å². The third kappa shape index (κ3) is 5.99. The Kier molecular flexibility index (Phi) is 7.31. The molecule has 3 rings (SSSR count). The highest BCUT2D eigenvalue weighted by molar-refractivity contribution is 5.78. The minimum Gasteiger partial charge on any atom is -0.497 e. The number of hydrogen-bond donors (Lipinski definition) is 1. The molecule has 28 heavy (non-hydrogen) atoms. The number of carbonyl (C=O) groups excluding carboxylic acids is 1. The Morgan fingerprint density at radius 2 is 1.82 bits per heavy atom. The second-order valence-corrected chi connectivity index (χ2v) is 7.46. The van der Waals surface area contributed by atoms with Crippen molar-refractivity contribution in [2.75, 3.05) is 44.7 Å². The summed E-state index contributed by atoms with van der Waals surface area (Å²) in [4.78, 5) is 17.0. The SMILES string of the molecule is COc1cccc(N2CCN(CC(=O)N[C@@H](C)CCc3ccccc3)CC2)c1. The summed E-state index contributed by atoms with van der Waals surface area (Å²) in [7, 11) is 1.69. The first kappa shape index (κ1) is 20.2. The lowest BCUT2D eigenvalue weighted by atomic mass is 10.1. The van der Waals surface area contributed by atoms with Crippen LogP contribution in [0.3, 0.4) is 0 Å². The Morgan fingerprint density at radius 3 is 2.54 bits per heavy atom. The van der Waals surface area contributed by atoms with Crippen molar-refractivity contribution in [3.05, 3.63) is 60.2 Å². The third-order valence-corrected chi connectivity index (χ3v) is 5.27. The summed E-state index contributed by atoms with van der Waals surface area (Å²) >= 11 is 0. The fourth-order valence-corrected chi connectivity index (χ4v) is 3.59. The van der Waals surface area contributed by atoms with Crippen LogP contribution in [0.1, 0.15) is 18.9 Å². The number of piperazine rings is 1. The van der Waals surface area contributed by atoms with Gasteiger partial charge in [-0.3, -0.25) is 9.69 Å². The zero-order valence-corrected chi connectivity index (χ0v) is 16.9. The van der Waals surface area contributed by atoms with E-state index in [1.165, 1.54) is 11.3 Å². The molecule has 1 saturated heterocycles. The standard InChI is InChI=1S/C23H31N3O2/c1-19(11-12-20-7-4-3-5-8-20)24-23(27)18-25-13-15-26(16-14-25)21-9-6-10-22(17-21)28-2/h3-10,17,19H,11-16,18H2,1-2H3,(H,24,27)/t19-/m0/s1. The van der Waals surface area contributed by atoms with Crippen LogP contribution in [-0.4, -0.2) is 56.7 Å². The van der Waals surface area contributed by atoms with Gasteiger partial charge in [-0.05, 0) is 37.5 Å². The van der Waals surface area contributed by atoms with Gasteiger partial charge in [0, 0.05) is 44.0 Å². The maximum atomic E-state index is 12.4. The number of rotatable bonds is 8. The maximum absolute atomic E-state index is 12.4. The van der Waals surface area contributed by atoms with Gasteiger partial charge in [0.25, 0.3) is 0 Å². The van der Waals surface area contributed by atoms with Gasteiger partial charge in [-0.25, -0.2) is 0 Å². The van der Waals surface area contributed by atoms with Crippen LogP contribution in [0.25, 0.3) is 0 Å². The summed E-state index contributed by atoms with van der Waals surface area (Å²) in [6, 6.07) is 18.8. The smallest absolute Gasteiger partial charge is 0.234 e. The lowest BCUT2D eigenvalue weighted by Gasteiger charge is -2.36. The van der Waals surface area contributed by atoms with Crippen molar-refractivity contribution >= 4 is 11.6 Å². The number of aryl methyl sites for hydroxylation is 1. The molecule has 0 bridgehead atoms. The summed E-state index contributed by atoms with van der Waals surface area (Å²) < 4.78 is 5.31. The van der Waals surface area contributed by atoms with Crippen LogP contribution < -0.4 is 15.0 Å². The van der Waals surface area contributed by atoms with Gasteiger partial charge in [-0.2, -0.15) is 0 Å². The molecule has 1 aliphatic heterocycles. The molecule has 0 aliphatic carbocycles. The Bertz CT molecular complexity index is 743. The van der Waals surface area contributed by atoms with Gasteiger partial charge in [0.2, 0.25) is 5.91 Å². The number of anilines is 1. The average Bonchev–Trinajstić information content (AvgIpc) is 2.73. The number of amides is 1. The Labute approximate surface area is 168 Å². The fourth-order valence-electron chi connectivity index (χ4n) is 3.59. The Hall–Kier alpha value is -2.53. The quantitative estimate of drug-likeness (QED) is 0.764. The summed E-state index contributed by atoms with van der Waals surface area (Å²) in [5.74, 6) is 0.999. The van der Waals surface area contributed by atoms with Gasteiger partial charge in [0.15, 0.2) is 0 Å². The van der Waals surface area contributed by atoms with E-state index in [-0.39, 0.29) is 11.9 Å². The summed E-state index contributed by atoms with van der Waals surface area (Å²) in [6.07, 6.45) is 1.95. The first-order valence-corrected chi connectivity index (χ1v) is 10.1. The molecule has 0 spiro atoms. The van der Waals surface area contributed by atoms with Crippen LogP contribution in [0.2, 0.25) is 0 Å². The number of nitrogens with zero attached hydrogens (tertiary/aromatic N) is 2. The fraction of sp³-hybridized carbons (Fsp3) is 0.435. The van der Waals surface area contributed by atoms with E-state index in [0.29, 0.717) is 6.54 Å². The summed E-state index contributed by atoms with van der Waals surface area (Å²) in [6.45, 7) is 6.18. The van der Waals surface area contributed by atoms with E-state index in [1.807, 2.05) is 18.2 Å². The minimum absolute atomic E-state index is 0.121. The lowest BCUT2D eigenvalue weighted by Crippen LogP contribution is -2.50. The second kappa shape index (κ2) is 10.1. The lowest BCUT2D eigenvalue weighted by molar-refractivity contribution is -0.122. The molecule has 5 nitrogen and oxygen atoms in total. The van der Waals surface area contributed by atoms with Crippen LogP contribution in [0.5, 0.6) is 5.75 Å². The number of methoxy groups -OCH3 is 1. The number of carbonyl (C=O) groups is 1. The van der Waals surface area contributed by atoms with Gasteiger partial charge in [-0.15, -0.1) is 0 Å². The molecule has 2 aromatic rings. The Balaban J connectivity index is 1.38. The summed E-state index contributed by atoms with van der Waals surface area (Å²) in [5, 5.41) is 3.14. The molecular formula is C23H31N3O2. The van der Waals surface area contributed by atoms with E-state index in [1.54, 1.807) is 7.11 Å². The molecule has 0 unspecified atom stereocenters. The first-order chi connectivity index (χ1) is 13.6. The minimum atomic E-state index is 0.121. The van der Waals surface area contributed by atoms with Crippen molar-refractivity contribution in [2.24, 2.45) is 0 Å². The van der Waals surface area contributed by atoms with Crippen molar-refractivity contribution in [1.29, 1.82) is 0 Å².